The number of anilines is 1. The summed E-state index contributed by atoms with van der Waals surface area (Å²) in [5.74, 6) is 0.697. The lowest BCUT2D eigenvalue weighted by atomic mass is 9.92. The fourth-order valence-electron chi connectivity index (χ4n) is 2.94. The number of fused-ring (bicyclic) bond motifs is 1. The zero-order valence-electron chi connectivity index (χ0n) is 14.9. The molecule has 6 nitrogen and oxygen atoms in total. The van der Waals surface area contributed by atoms with Gasteiger partial charge in [0.1, 0.15) is 5.82 Å². The third-order valence-electron chi connectivity index (χ3n) is 4.26. The lowest BCUT2D eigenvalue weighted by molar-refractivity contribution is 0.246. The largest absolute Gasteiger partial charge is 0.329 e. The molecule has 0 unspecified atom stereocenters. The number of hydrogen-bond donors (Lipinski definition) is 2. The van der Waals surface area contributed by atoms with E-state index in [1.54, 1.807) is 16.0 Å². The maximum atomic E-state index is 12.4. The van der Waals surface area contributed by atoms with Crippen LogP contribution in [0.25, 0.3) is 0 Å². The van der Waals surface area contributed by atoms with Gasteiger partial charge in [0, 0.05) is 23.4 Å². The molecule has 1 atom stereocenters. The molecule has 2 amide bonds. The maximum absolute atomic E-state index is 12.4. The number of rotatable bonds is 2. The Kier molecular flexibility index (Phi) is 4.38. The van der Waals surface area contributed by atoms with Crippen LogP contribution < -0.4 is 10.6 Å². The molecule has 0 bridgehead atoms. The fraction of sp³-hybridized carbons (Fsp3) is 0.588. The second-order valence-corrected chi connectivity index (χ2v) is 8.66. The second-order valence-electron chi connectivity index (χ2n) is 7.37. The standard InChI is InChI=1S/C17H25N5OS/c1-10-18-15-11(7-6-8-12(15)24-10)19-16(23)20-14-9-13(17(2,3)4)21-22(14)5/h9,11H,6-8H2,1-5H3,(H2,19,20,23)/t11-/m0/s1. The SMILES string of the molecule is Cc1nc2c(s1)CCC[C@@H]2NC(=O)Nc1cc(C(C)(C)C)nn1C. The first kappa shape index (κ1) is 17.0. The van der Waals surface area contributed by atoms with Gasteiger partial charge in [-0.05, 0) is 26.2 Å². The summed E-state index contributed by atoms with van der Waals surface area (Å²) in [6.07, 6.45) is 3.08. The van der Waals surface area contributed by atoms with Crippen LogP contribution in [0.1, 0.15) is 60.9 Å². The van der Waals surface area contributed by atoms with Gasteiger partial charge in [-0.15, -0.1) is 11.3 Å². The molecular formula is C17H25N5OS. The van der Waals surface area contributed by atoms with Gasteiger partial charge in [-0.25, -0.2) is 9.78 Å². The monoisotopic (exact) mass is 347 g/mol. The first-order valence-corrected chi connectivity index (χ1v) is 9.14. The molecule has 7 heteroatoms. The highest BCUT2D eigenvalue weighted by Crippen LogP contribution is 2.33. The van der Waals surface area contributed by atoms with Crippen molar-refractivity contribution < 1.29 is 4.79 Å². The van der Waals surface area contributed by atoms with Crippen LogP contribution in [0.15, 0.2) is 6.07 Å². The van der Waals surface area contributed by atoms with Crippen LogP contribution >= 0.6 is 11.3 Å². The summed E-state index contributed by atoms with van der Waals surface area (Å²) in [4.78, 5) is 18.3. The zero-order valence-corrected chi connectivity index (χ0v) is 15.8. The van der Waals surface area contributed by atoms with Crippen molar-refractivity contribution in [1.82, 2.24) is 20.1 Å². The molecule has 0 radical (unpaired) electrons. The van der Waals surface area contributed by atoms with E-state index >= 15 is 0 Å². The lowest BCUT2D eigenvalue weighted by Crippen LogP contribution is -2.34. The van der Waals surface area contributed by atoms with Crippen molar-refractivity contribution in [2.24, 2.45) is 7.05 Å². The molecule has 1 aliphatic carbocycles. The van der Waals surface area contributed by atoms with E-state index < -0.39 is 0 Å². The Morgan fingerprint density at radius 2 is 2.17 bits per heavy atom. The summed E-state index contributed by atoms with van der Waals surface area (Å²) in [5, 5.41) is 11.5. The summed E-state index contributed by atoms with van der Waals surface area (Å²) < 4.78 is 1.71. The molecule has 0 saturated carbocycles. The minimum atomic E-state index is -0.207. The zero-order chi connectivity index (χ0) is 17.5. The van der Waals surface area contributed by atoms with Crippen molar-refractivity contribution in [2.45, 2.75) is 58.4 Å². The molecular weight excluding hydrogens is 322 g/mol. The molecule has 0 fully saturated rings. The Morgan fingerprint density at radius 1 is 1.42 bits per heavy atom. The molecule has 3 rings (SSSR count). The van der Waals surface area contributed by atoms with Crippen molar-refractivity contribution in [3.63, 3.8) is 0 Å². The summed E-state index contributed by atoms with van der Waals surface area (Å²) in [7, 11) is 1.84. The van der Waals surface area contributed by atoms with Crippen molar-refractivity contribution >= 4 is 23.2 Å². The van der Waals surface area contributed by atoms with Crippen LogP contribution in [-0.2, 0) is 18.9 Å². The van der Waals surface area contributed by atoms with E-state index in [1.807, 2.05) is 20.0 Å². The van der Waals surface area contributed by atoms with Crippen molar-refractivity contribution in [3.05, 3.63) is 27.3 Å². The topological polar surface area (TPSA) is 71.8 Å². The van der Waals surface area contributed by atoms with Crippen LogP contribution in [0.4, 0.5) is 10.6 Å². The van der Waals surface area contributed by atoms with Gasteiger partial charge in [-0.3, -0.25) is 10.00 Å². The molecule has 0 spiro atoms. The van der Waals surface area contributed by atoms with Crippen LogP contribution in [0.3, 0.4) is 0 Å². The van der Waals surface area contributed by atoms with Gasteiger partial charge in [0.15, 0.2) is 0 Å². The van der Waals surface area contributed by atoms with Gasteiger partial charge < -0.3 is 5.32 Å². The second kappa shape index (κ2) is 6.20. The van der Waals surface area contributed by atoms with E-state index in [4.69, 9.17) is 0 Å². The molecule has 2 heterocycles. The summed E-state index contributed by atoms with van der Waals surface area (Å²) in [5.41, 5.74) is 1.94. The Hall–Kier alpha value is -1.89. The highest BCUT2D eigenvalue weighted by molar-refractivity contribution is 7.11. The Balaban J connectivity index is 1.70. The number of aromatic nitrogens is 3. The first-order valence-electron chi connectivity index (χ1n) is 8.32. The fourth-order valence-corrected chi connectivity index (χ4v) is 3.98. The van der Waals surface area contributed by atoms with Gasteiger partial charge in [0.05, 0.1) is 22.4 Å². The Labute approximate surface area is 146 Å². The van der Waals surface area contributed by atoms with Gasteiger partial charge >= 0.3 is 6.03 Å². The molecule has 130 valence electrons. The van der Waals surface area contributed by atoms with E-state index in [2.05, 4.69) is 41.5 Å². The first-order chi connectivity index (χ1) is 11.2. The van der Waals surface area contributed by atoms with Gasteiger partial charge in [-0.2, -0.15) is 5.10 Å². The predicted octanol–water partition coefficient (Wildman–Crippen LogP) is 3.68. The van der Waals surface area contributed by atoms with E-state index in [9.17, 15) is 4.79 Å². The number of nitrogens with zero attached hydrogens (tertiary/aromatic N) is 3. The van der Waals surface area contributed by atoms with Crippen LogP contribution in [0.5, 0.6) is 0 Å². The summed E-state index contributed by atoms with van der Waals surface area (Å²) >= 11 is 1.74. The third kappa shape index (κ3) is 3.45. The van der Waals surface area contributed by atoms with Gasteiger partial charge in [0.25, 0.3) is 0 Å². The highest BCUT2D eigenvalue weighted by Gasteiger charge is 2.26. The van der Waals surface area contributed by atoms with Gasteiger partial charge in [-0.1, -0.05) is 20.8 Å². The minimum absolute atomic E-state index is 0.00554. The molecule has 0 aromatic carbocycles. The molecule has 0 saturated heterocycles. The molecule has 0 aliphatic heterocycles. The van der Waals surface area contributed by atoms with E-state index in [-0.39, 0.29) is 17.5 Å². The quantitative estimate of drug-likeness (QED) is 0.870. The predicted molar refractivity (Wildman–Crippen MR) is 96.6 cm³/mol. The molecule has 2 aromatic heterocycles. The van der Waals surface area contributed by atoms with Crippen molar-refractivity contribution in [2.75, 3.05) is 5.32 Å². The van der Waals surface area contributed by atoms with Gasteiger partial charge in [0.2, 0.25) is 0 Å². The summed E-state index contributed by atoms with van der Waals surface area (Å²) in [6, 6.07) is 1.72. The average Bonchev–Trinajstić information content (AvgIpc) is 3.02. The molecule has 24 heavy (non-hydrogen) atoms. The van der Waals surface area contributed by atoms with E-state index in [0.29, 0.717) is 5.82 Å². The lowest BCUT2D eigenvalue weighted by Gasteiger charge is -2.22. The number of nitrogens with one attached hydrogen (secondary N) is 2. The Bertz CT molecular complexity index is 756. The van der Waals surface area contributed by atoms with Crippen LogP contribution in [0.2, 0.25) is 0 Å². The number of aryl methyl sites for hydroxylation is 3. The number of hydrogen-bond acceptors (Lipinski definition) is 4. The summed E-state index contributed by atoms with van der Waals surface area (Å²) in [6.45, 7) is 8.33. The van der Waals surface area contributed by atoms with Crippen LogP contribution in [0, 0.1) is 6.92 Å². The van der Waals surface area contributed by atoms with Crippen molar-refractivity contribution in [1.29, 1.82) is 0 Å². The molecule has 2 aromatic rings. The number of carbonyl (C=O) groups excluding carboxylic acids is 1. The normalized spacial score (nSPS) is 17.5. The number of carbonyl (C=O) groups is 1. The highest BCUT2D eigenvalue weighted by atomic mass is 32.1. The van der Waals surface area contributed by atoms with Crippen LogP contribution in [-0.4, -0.2) is 20.8 Å². The maximum Gasteiger partial charge on any atom is 0.320 e. The van der Waals surface area contributed by atoms with Crippen molar-refractivity contribution in [3.8, 4) is 0 Å². The number of thiazole rings is 1. The van der Waals surface area contributed by atoms with E-state index in [0.717, 1.165) is 35.7 Å². The third-order valence-corrected chi connectivity index (χ3v) is 5.30. The average molecular weight is 347 g/mol. The number of urea groups is 1. The minimum Gasteiger partial charge on any atom is -0.329 e. The van der Waals surface area contributed by atoms with E-state index in [1.165, 1.54) is 4.88 Å². The number of amides is 2. The smallest absolute Gasteiger partial charge is 0.320 e. The molecule has 1 aliphatic rings. The molecule has 2 N–H and O–H groups in total. The Morgan fingerprint density at radius 3 is 2.83 bits per heavy atom.